The van der Waals surface area contributed by atoms with Gasteiger partial charge in [-0.15, -0.1) is 5.10 Å². The smallest absolute Gasteiger partial charge is 0.274 e. The molecule has 0 bridgehead atoms. The number of thioether (sulfide) groups is 1. The van der Waals surface area contributed by atoms with Crippen molar-refractivity contribution in [2.75, 3.05) is 18.8 Å². The van der Waals surface area contributed by atoms with E-state index in [1.54, 1.807) is 23.1 Å². The van der Waals surface area contributed by atoms with Gasteiger partial charge in [0, 0.05) is 33.0 Å². The van der Waals surface area contributed by atoms with Gasteiger partial charge in [0.2, 0.25) is 11.1 Å². The number of rotatable bonds is 5. The Labute approximate surface area is 171 Å². The lowest BCUT2D eigenvalue weighted by molar-refractivity contribution is -0.130. The minimum atomic E-state index is 0.0980. The number of piperidine rings is 1. The normalized spacial score (nSPS) is 15.3. The van der Waals surface area contributed by atoms with Gasteiger partial charge in [-0.3, -0.25) is 4.79 Å². The van der Waals surface area contributed by atoms with Crippen molar-refractivity contribution in [3.05, 3.63) is 23.3 Å². The summed E-state index contributed by atoms with van der Waals surface area (Å²) >= 11 is 2.97. The van der Waals surface area contributed by atoms with Crippen molar-refractivity contribution < 1.29 is 9.53 Å². The summed E-state index contributed by atoms with van der Waals surface area (Å²) in [5.74, 6) is 0.452. The summed E-state index contributed by atoms with van der Waals surface area (Å²) in [6.45, 7) is 5.57. The van der Waals surface area contributed by atoms with E-state index in [0.29, 0.717) is 24.0 Å². The number of nitrogens with zero attached hydrogens (tertiary/aromatic N) is 6. The third-order valence-electron chi connectivity index (χ3n) is 4.89. The average Bonchev–Trinajstić information content (AvgIpc) is 3.30. The molecule has 0 aliphatic carbocycles. The first-order valence-electron chi connectivity index (χ1n) is 9.17. The van der Waals surface area contributed by atoms with Gasteiger partial charge in [0.05, 0.1) is 16.0 Å². The molecule has 0 unspecified atom stereocenters. The molecule has 1 saturated heterocycles. The minimum absolute atomic E-state index is 0.0980. The van der Waals surface area contributed by atoms with Crippen LogP contribution >= 0.6 is 23.1 Å². The number of likely N-dealkylation sites (tertiary alicyclic amines) is 1. The van der Waals surface area contributed by atoms with E-state index in [-0.39, 0.29) is 12.0 Å². The van der Waals surface area contributed by atoms with Crippen LogP contribution in [-0.4, -0.2) is 60.9 Å². The van der Waals surface area contributed by atoms with Crippen LogP contribution in [0.2, 0.25) is 0 Å². The first-order valence-corrected chi connectivity index (χ1v) is 11.0. The molecular weight excluding hydrogens is 396 g/mol. The Kier molecular flexibility index (Phi) is 5.49. The molecule has 28 heavy (non-hydrogen) atoms. The summed E-state index contributed by atoms with van der Waals surface area (Å²) in [5.41, 5.74) is 3.43. The molecule has 0 saturated carbocycles. The van der Waals surface area contributed by atoms with Gasteiger partial charge in [-0.1, -0.05) is 35.2 Å². The summed E-state index contributed by atoms with van der Waals surface area (Å²) in [6, 6.07) is 4.22. The Morgan fingerprint density at radius 1 is 1.29 bits per heavy atom. The monoisotopic (exact) mass is 418 g/mol. The highest BCUT2D eigenvalue weighted by Gasteiger charge is 2.25. The minimum Gasteiger partial charge on any atom is -0.467 e. The molecule has 0 N–H and O–H groups in total. The van der Waals surface area contributed by atoms with Gasteiger partial charge >= 0.3 is 0 Å². The second kappa shape index (κ2) is 8.04. The lowest BCUT2D eigenvalue weighted by Crippen LogP contribution is -2.42. The number of carbonyl (C=O) groups excluding carboxylic acids is 1. The Morgan fingerprint density at radius 3 is 2.71 bits per heavy atom. The van der Waals surface area contributed by atoms with Crippen molar-refractivity contribution >= 4 is 39.2 Å². The number of hydrogen-bond acceptors (Lipinski definition) is 8. The van der Waals surface area contributed by atoms with Gasteiger partial charge in [0.1, 0.15) is 6.10 Å². The van der Waals surface area contributed by atoms with E-state index in [0.717, 1.165) is 23.6 Å². The largest absolute Gasteiger partial charge is 0.467 e. The van der Waals surface area contributed by atoms with Crippen LogP contribution in [0, 0.1) is 13.8 Å². The lowest BCUT2D eigenvalue weighted by atomic mass is 10.1. The topological polar surface area (TPSA) is 86.0 Å². The predicted molar refractivity (Wildman–Crippen MR) is 109 cm³/mol. The standard InChI is InChI=1S/C18H22N6O2S2/c1-11-4-5-12(2)16-15(11)19-18(28-16)26-13-6-8-24(9-7-13)14(25)10-27-17-20-21-22-23(17)3/h4-5,13H,6-10H2,1-3H3. The molecule has 3 aromatic rings. The zero-order chi connectivity index (χ0) is 19.7. The summed E-state index contributed by atoms with van der Waals surface area (Å²) in [4.78, 5) is 19.0. The Morgan fingerprint density at radius 2 is 2.04 bits per heavy atom. The molecule has 0 atom stereocenters. The molecule has 1 aromatic carbocycles. The number of amides is 1. The van der Waals surface area contributed by atoms with Gasteiger partial charge in [-0.25, -0.2) is 9.67 Å². The molecule has 0 spiro atoms. The maximum absolute atomic E-state index is 12.4. The maximum atomic E-state index is 12.4. The molecule has 1 aliphatic rings. The van der Waals surface area contributed by atoms with E-state index in [4.69, 9.17) is 4.74 Å². The van der Waals surface area contributed by atoms with Crippen molar-refractivity contribution in [2.45, 2.75) is 37.9 Å². The van der Waals surface area contributed by atoms with E-state index in [9.17, 15) is 4.79 Å². The lowest BCUT2D eigenvalue weighted by Gasteiger charge is -2.31. The van der Waals surface area contributed by atoms with Crippen LogP contribution < -0.4 is 4.74 Å². The van der Waals surface area contributed by atoms with E-state index >= 15 is 0 Å². The molecule has 2 aromatic heterocycles. The predicted octanol–water partition coefficient (Wildman–Crippen LogP) is 2.60. The molecule has 4 rings (SSSR count). The van der Waals surface area contributed by atoms with Crippen LogP contribution in [0.3, 0.4) is 0 Å². The van der Waals surface area contributed by atoms with Gasteiger partial charge in [0.15, 0.2) is 0 Å². The maximum Gasteiger partial charge on any atom is 0.274 e. The van der Waals surface area contributed by atoms with Crippen LogP contribution in [0.25, 0.3) is 10.2 Å². The number of benzene rings is 1. The first-order chi connectivity index (χ1) is 13.5. The van der Waals surface area contributed by atoms with Crippen molar-refractivity contribution in [1.29, 1.82) is 0 Å². The molecule has 3 heterocycles. The van der Waals surface area contributed by atoms with Crippen molar-refractivity contribution in [3.63, 3.8) is 0 Å². The summed E-state index contributed by atoms with van der Waals surface area (Å²) in [7, 11) is 1.76. The molecule has 148 valence electrons. The molecule has 1 aliphatic heterocycles. The number of fused-ring (bicyclic) bond motifs is 1. The molecule has 1 fully saturated rings. The average molecular weight is 419 g/mol. The van der Waals surface area contributed by atoms with Gasteiger partial charge < -0.3 is 9.64 Å². The highest BCUT2D eigenvalue weighted by Crippen LogP contribution is 2.33. The highest BCUT2D eigenvalue weighted by atomic mass is 32.2. The van der Waals surface area contributed by atoms with Gasteiger partial charge in [-0.2, -0.15) is 0 Å². The number of aromatic nitrogens is 5. The van der Waals surface area contributed by atoms with Crippen molar-refractivity contribution in [2.24, 2.45) is 7.05 Å². The van der Waals surface area contributed by atoms with Gasteiger partial charge in [0.25, 0.3) is 5.19 Å². The van der Waals surface area contributed by atoms with Crippen LogP contribution in [0.15, 0.2) is 17.3 Å². The molecule has 10 heteroatoms. The molecule has 8 nitrogen and oxygen atoms in total. The fourth-order valence-corrected chi connectivity index (χ4v) is 5.00. The SMILES string of the molecule is Cc1ccc(C)c2sc(OC3CCN(C(=O)CSc4nnnn4C)CC3)nc12. The second-order valence-electron chi connectivity index (χ2n) is 6.93. The van der Waals surface area contributed by atoms with Gasteiger partial charge in [-0.05, 0) is 35.4 Å². The summed E-state index contributed by atoms with van der Waals surface area (Å²) in [6.07, 6.45) is 1.73. The molecule has 1 amide bonds. The highest BCUT2D eigenvalue weighted by molar-refractivity contribution is 7.99. The van der Waals surface area contributed by atoms with E-state index in [2.05, 4.69) is 46.5 Å². The van der Waals surface area contributed by atoms with Crippen LogP contribution in [0.5, 0.6) is 5.19 Å². The Hall–Kier alpha value is -2.20. The van der Waals surface area contributed by atoms with E-state index in [1.165, 1.54) is 27.6 Å². The third-order valence-corrected chi connectivity index (χ3v) is 6.97. The van der Waals surface area contributed by atoms with Crippen molar-refractivity contribution in [1.82, 2.24) is 30.1 Å². The van der Waals surface area contributed by atoms with Crippen LogP contribution in [0.4, 0.5) is 0 Å². The van der Waals surface area contributed by atoms with E-state index < -0.39 is 0 Å². The second-order valence-corrected chi connectivity index (χ2v) is 8.83. The third kappa shape index (κ3) is 3.97. The number of carbonyl (C=O) groups is 1. The number of hydrogen-bond donors (Lipinski definition) is 0. The first kappa shape index (κ1) is 19.1. The molecular formula is C18H22N6O2S2. The number of thiazole rings is 1. The summed E-state index contributed by atoms with van der Waals surface area (Å²) < 4.78 is 8.91. The van der Waals surface area contributed by atoms with Crippen molar-refractivity contribution in [3.8, 4) is 5.19 Å². The quantitative estimate of drug-likeness (QED) is 0.589. The number of aryl methyl sites for hydroxylation is 3. The summed E-state index contributed by atoms with van der Waals surface area (Å²) in [5, 5.41) is 12.6. The number of ether oxygens (including phenoxy) is 1. The van der Waals surface area contributed by atoms with E-state index in [1.807, 2.05) is 4.90 Å². The van der Waals surface area contributed by atoms with Crippen LogP contribution in [0.1, 0.15) is 24.0 Å². The Bertz CT molecular complexity index is 954. The molecule has 0 radical (unpaired) electrons. The Balaban J connectivity index is 1.30. The zero-order valence-electron chi connectivity index (χ0n) is 16.1. The fourth-order valence-electron chi connectivity index (χ4n) is 3.22. The number of tetrazole rings is 1. The zero-order valence-corrected chi connectivity index (χ0v) is 17.7. The fraction of sp³-hybridized carbons (Fsp3) is 0.500. The van der Waals surface area contributed by atoms with Crippen LogP contribution in [-0.2, 0) is 11.8 Å².